The van der Waals surface area contributed by atoms with Gasteiger partial charge in [0.15, 0.2) is 6.29 Å². The number of nitrogens with zero attached hydrogens (tertiary/aromatic N) is 2. The van der Waals surface area contributed by atoms with Gasteiger partial charge in [-0.25, -0.2) is 9.97 Å². The number of fused-ring (bicyclic) bond motifs is 1. The van der Waals surface area contributed by atoms with Crippen LogP contribution in [-0.4, -0.2) is 22.9 Å². The van der Waals surface area contributed by atoms with E-state index in [4.69, 9.17) is 4.74 Å². The van der Waals surface area contributed by atoms with Gasteiger partial charge in [-0.1, -0.05) is 0 Å². The summed E-state index contributed by atoms with van der Waals surface area (Å²) >= 11 is 0. The predicted molar refractivity (Wildman–Crippen MR) is 62.1 cm³/mol. The van der Waals surface area contributed by atoms with Crippen LogP contribution in [0, 0.1) is 0 Å². The predicted octanol–water partition coefficient (Wildman–Crippen LogP) is 1.89. The second kappa shape index (κ2) is 3.97. The molecule has 0 fully saturated rings. The van der Waals surface area contributed by atoms with Gasteiger partial charge in [0.1, 0.15) is 17.8 Å². The van der Waals surface area contributed by atoms with Crippen LogP contribution in [0.2, 0.25) is 0 Å². The van der Waals surface area contributed by atoms with Crippen LogP contribution in [0.5, 0.6) is 5.75 Å². The minimum Gasteiger partial charge on any atom is -0.493 e. The van der Waals surface area contributed by atoms with E-state index in [2.05, 4.69) is 16.0 Å². The monoisotopic (exact) mass is 226 g/mol. The van der Waals surface area contributed by atoms with Crippen molar-refractivity contribution < 1.29 is 9.53 Å². The van der Waals surface area contributed by atoms with Gasteiger partial charge < -0.3 is 4.74 Å². The summed E-state index contributed by atoms with van der Waals surface area (Å²) in [5.41, 5.74) is 3.33. The number of ether oxygens (including phenoxy) is 1. The molecule has 1 aromatic heterocycles. The van der Waals surface area contributed by atoms with Crippen LogP contribution in [0.3, 0.4) is 0 Å². The van der Waals surface area contributed by atoms with Crippen LogP contribution in [0.25, 0.3) is 11.3 Å². The normalized spacial score (nSPS) is 12.9. The number of aromatic nitrogens is 2. The van der Waals surface area contributed by atoms with Gasteiger partial charge >= 0.3 is 0 Å². The Morgan fingerprint density at radius 2 is 2.18 bits per heavy atom. The molecule has 0 amide bonds. The van der Waals surface area contributed by atoms with Crippen LogP contribution in [-0.2, 0) is 6.42 Å². The van der Waals surface area contributed by atoms with Crippen molar-refractivity contribution in [1.29, 1.82) is 0 Å². The van der Waals surface area contributed by atoms with Gasteiger partial charge in [0.05, 0.1) is 12.3 Å². The number of aldehydes is 1. The zero-order valence-electron chi connectivity index (χ0n) is 9.09. The number of rotatable bonds is 2. The lowest BCUT2D eigenvalue weighted by Gasteiger charge is -2.03. The van der Waals surface area contributed by atoms with Gasteiger partial charge in [0.2, 0.25) is 0 Å². The van der Waals surface area contributed by atoms with Gasteiger partial charge in [0.25, 0.3) is 0 Å². The molecule has 0 bridgehead atoms. The Bertz CT molecular complexity index is 581. The third-order valence-electron chi connectivity index (χ3n) is 2.79. The first-order valence-electron chi connectivity index (χ1n) is 5.40. The van der Waals surface area contributed by atoms with Crippen molar-refractivity contribution in [2.75, 3.05) is 6.61 Å². The van der Waals surface area contributed by atoms with Gasteiger partial charge in [-0.15, -0.1) is 0 Å². The summed E-state index contributed by atoms with van der Waals surface area (Å²) < 4.78 is 5.45. The molecule has 1 aromatic carbocycles. The van der Waals surface area contributed by atoms with E-state index in [1.165, 1.54) is 11.9 Å². The third kappa shape index (κ3) is 1.78. The summed E-state index contributed by atoms with van der Waals surface area (Å²) in [5, 5.41) is 0. The maximum absolute atomic E-state index is 10.7. The molecule has 17 heavy (non-hydrogen) atoms. The van der Waals surface area contributed by atoms with E-state index in [9.17, 15) is 4.79 Å². The van der Waals surface area contributed by atoms with E-state index in [1.54, 1.807) is 6.07 Å². The first-order valence-corrected chi connectivity index (χ1v) is 5.40. The minimum atomic E-state index is 0.395. The molecular formula is C13H10N2O2. The third-order valence-corrected chi connectivity index (χ3v) is 2.79. The summed E-state index contributed by atoms with van der Waals surface area (Å²) in [5.74, 6) is 0.943. The lowest BCUT2D eigenvalue weighted by molar-refractivity contribution is 0.111. The fourth-order valence-electron chi connectivity index (χ4n) is 1.94. The first kappa shape index (κ1) is 9.96. The molecule has 0 unspecified atom stereocenters. The van der Waals surface area contributed by atoms with E-state index in [1.807, 2.05) is 12.1 Å². The Morgan fingerprint density at radius 3 is 3.06 bits per heavy atom. The average molecular weight is 226 g/mol. The van der Waals surface area contributed by atoms with E-state index in [-0.39, 0.29) is 0 Å². The highest BCUT2D eigenvalue weighted by Gasteiger charge is 2.13. The van der Waals surface area contributed by atoms with E-state index in [0.717, 1.165) is 36.3 Å². The zero-order valence-corrected chi connectivity index (χ0v) is 9.09. The largest absolute Gasteiger partial charge is 0.493 e. The molecule has 1 aliphatic rings. The molecule has 2 aromatic rings. The van der Waals surface area contributed by atoms with Crippen LogP contribution < -0.4 is 4.74 Å². The molecule has 0 saturated heterocycles. The number of hydrogen-bond acceptors (Lipinski definition) is 4. The molecule has 3 rings (SSSR count). The molecule has 0 spiro atoms. The summed E-state index contributed by atoms with van der Waals surface area (Å²) in [4.78, 5) is 18.7. The molecule has 0 saturated carbocycles. The van der Waals surface area contributed by atoms with Crippen molar-refractivity contribution in [2.45, 2.75) is 6.42 Å². The maximum Gasteiger partial charge on any atom is 0.168 e. The fraction of sp³-hybridized carbons (Fsp3) is 0.154. The molecule has 0 atom stereocenters. The quantitative estimate of drug-likeness (QED) is 0.734. The van der Waals surface area contributed by atoms with E-state index >= 15 is 0 Å². The topological polar surface area (TPSA) is 52.1 Å². The molecule has 4 nitrogen and oxygen atoms in total. The van der Waals surface area contributed by atoms with Crippen LogP contribution in [0.15, 0.2) is 30.6 Å². The highest BCUT2D eigenvalue weighted by molar-refractivity contribution is 5.75. The Hall–Kier alpha value is -2.23. The number of carbonyl (C=O) groups excluding carboxylic acids is 1. The van der Waals surface area contributed by atoms with Crippen molar-refractivity contribution in [2.24, 2.45) is 0 Å². The smallest absolute Gasteiger partial charge is 0.168 e. The highest BCUT2D eigenvalue weighted by atomic mass is 16.5. The standard InChI is InChI=1S/C13H10N2O2/c16-7-11-6-12(15-8-14-11)9-1-2-13-10(5-9)3-4-17-13/h1-2,5-8H,3-4H2. The Balaban J connectivity index is 2.06. The van der Waals surface area contributed by atoms with Crippen LogP contribution >= 0.6 is 0 Å². The Kier molecular flexibility index (Phi) is 2.33. The molecule has 2 heterocycles. The SMILES string of the molecule is O=Cc1cc(-c2ccc3c(c2)CCO3)ncn1. The Morgan fingerprint density at radius 1 is 1.24 bits per heavy atom. The second-order valence-corrected chi connectivity index (χ2v) is 3.87. The number of hydrogen-bond donors (Lipinski definition) is 0. The van der Waals surface area contributed by atoms with Crippen molar-refractivity contribution in [3.05, 3.63) is 41.9 Å². The Labute approximate surface area is 98.3 Å². The molecule has 0 aliphatic carbocycles. The molecule has 1 aliphatic heterocycles. The molecule has 84 valence electrons. The fourth-order valence-corrected chi connectivity index (χ4v) is 1.94. The van der Waals surface area contributed by atoms with E-state index < -0.39 is 0 Å². The molecular weight excluding hydrogens is 216 g/mol. The lowest BCUT2D eigenvalue weighted by atomic mass is 10.1. The number of carbonyl (C=O) groups is 1. The molecule has 0 N–H and O–H groups in total. The van der Waals surface area contributed by atoms with Gasteiger partial charge in [-0.2, -0.15) is 0 Å². The summed E-state index contributed by atoms with van der Waals surface area (Å²) in [6.07, 6.45) is 3.05. The first-order chi connectivity index (χ1) is 8.36. The van der Waals surface area contributed by atoms with Crippen molar-refractivity contribution in [3.8, 4) is 17.0 Å². The lowest BCUT2D eigenvalue weighted by Crippen LogP contribution is -1.91. The van der Waals surface area contributed by atoms with Crippen molar-refractivity contribution >= 4 is 6.29 Å². The van der Waals surface area contributed by atoms with Crippen LogP contribution in [0.1, 0.15) is 16.1 Å². The van der Waals surface area contributed by atoms with E-state index in [0.29, 0.717) is 5.69 Å². The van der Waals surface area contributed by atoms with Gasteiger partial charge in [-0.3, -0.25) is 4.79 Å². The summed E-state index contributed by atoms with van der Waals surface area (Å²) in [6, 6.07) is 7.63. The highest BCUT2D eigenvalue weighted by Crippen LogP contribution is 2.29. The van der Waals surface area contributed by atoms with Crippen molar-refractivity contribution in [3.63, 3.8) is 0 Å². The molecule has 0 radical (unpaired) electrons. The minimum absolute atomic E-state index is 0.395. The van der Waals surface area contributed by atoms with Crippen LogP contribution in [0.4, 0.5) is 0 Å². The second-order valence-electron chi connectivity index (χ2n) is 3.87. The van der Waals surface area contributed by atoms with Gasteiger partial charge in [0, 0.05) is 12.0 Å². The van der Waals surface area contributed by atoms with Gasteiger partial charge in [-0.05, 0) is 29.8 Å². The summed E-state index contributed by atoms with van der Waals surface area (Å²) in [7, 11) is 0. The average Bonchev–Trinajstić information content (AvgIpc) is 2.86. The maximum atomic E-state index is 10.7. The summed E-state index contributed by atoms with van der Waals surface area (Å²) in [6.45, 7) is 0.738. The molecule has 4 heteroatoms. The van der Waals surface area contributed by atoms with Crippen molar-refractivity contribution in [1.82, 2.24) is 9.97 Å². The zero-order chi connectivity index (χ0) is 11.7. The number of benzene rings is 1.